The molecule has 0 aliphatic heterocycles. The van der Waals surface area contributed by atoms with E-state index < -0.39 is 0 Å². The molecule has 4 aromatic rings. The Morgan fingerprint density at radius 2 is 1.65 bits per heavy atom. The van der Waals surface area contributed by atoms with Crippen LogP contribution in [0.25, 0.3) is 10.2 Å². The lowest BCUT2D eigenvalue weighted by molar-refractivity contribution is 1.17. The zero-order valence-corrected chi connectivity index (χ0v) is 15.3. The minimum absolute atomic E-state index is 0.448. The van der Waals surface area contributed by atoms with Crippen molar-refractivity contribution < 1.29 is 0 Å². The smallest absolute Gasteiger partial charge is 0.189 e. The predicted molar refractivity (Wildman–Crippen MR) is 109 cm³/mol. The fourth-order valence-electron chi connectivity index (χ4n) is 2.61. The van der Waals surface area contributed by atoms with Crippen LogP contribution in [0, 0.1) is 13.8 Å². The number of nitrogens with one attached hydrogen (secondary N) is 2. The molecule has 130 valence electrons. The van der Waals surface area contributed by atoms with Gasteiger partial charge in [-0.2, -0.15) is 0 Å². The van der Waals surface area contributed by atoms with Crippen LogP contribution in [0.5, 0.6) is 0 Å². The van der Waals surface area contributed by atoms with Crippen molar-refractivity contribution >= 4 is 49.7 Å². The molecular formula is C19H18N6S. The standard InChI is InChI=1S/C19H18N6S/c1-11-6-8-13(9-7-11)23-17-15(20)18(22-10-21-17)25-19-24-16-12(2)4-3-5-14(16)26-19/h3-10H,20H2,1-2H3,(H2,21,22,23,24,25). The van der Waals surface area contributed by atoms with Crippen molar-refractivity contribution in [2.24, 2.45) is 0 Å². The number of benzene rings is 2. The first-order valence-electron chi connectivity index (χ1n) is 8.17. The van der Waals surface area contributed by atoms with Gasteiger partial charge in [-0.3, -0.25) is 0 Å². The number of hydrogen-bond acceptors (Lipinski definition) is 7. The summed E-state index contributed by atoms with van der Waals surface area (Å²) in [6.45, 7) is 4.10. The lowest BCUT2D eigenvalue weighted by atomic mass is 10.2. The van der Waals surface area contributed by atoms with Gasteiger partial charge in [0.1, 0.15) is 12.0 Å². The Kier molecular flexibility index (Phi) is 4.14. The molecule has 2 aromatic heterocycles. The number of nitrogen functional groups attached to an aromatic ring is 1. The van der Waals surface area contributed by atoms with Gasteiger partial charge < -0.3 is 16.4 Å². The Morgan fingerprint density at radius 3 is 2.38 bits per heavy atom. The molecule has 26 heavy (non-hydrogen) atoms. The number of nitrogens with two attached hydrogens (primary N) is 1. The number of rotatable bonds is 4. The summed E-state index contributed by atoms with van der Waals surface area (Å²) in [6, 6.07) is 14.2. The van der Waals surface area contributed by atoms with E-state index in [1.54, 1.807) is 11.3 Å². The lowest BCUT2D eigenvalue weighted by Gasteiger charge is -2.11. The van der Waals surface area contributed by atoms with Crippen LogP contribution in [0.15, 0.2) is 48.8 Å². The third kappa shape index (κ3) is 3.16. The van der Waals surface area contributed by atoms with Crippen LogP contribution < -0.4 is 16.4 Å². The van der Waals surface area contributed by atoms with Gasteiger partial charge in [-0.05, 0) is 37.6 Å². The molecule has 4 rings (SSSR count). The maximum Gasteiger partial charge on any atom is 0.189 e. The Hall–Kier alpha value is -3.19. The fraction of sp³-hybridized carbons (Fsp3) is 0.105. The third-order valence-electron chi connectivity index (χ3n) is 4.04. The number of aryl methyl sites for hydroxylation is 2. The van der Waals surface area contributed by atoms with Crippen LogP contribution in [0.2, 0.25) is 0 Å². The Balaban J connectivity index is 1.62. The highest BCUT2D eigenvalue weighted by Gasteiger charge is 2.12. The van der Waals surface area contributed by atoms with E-state index in [0.29, 0.717) is 17.3 Å². The van der Waals surface area contributed by atoms with E-state index in [-0.39, 0.29) is 0 Å². The van der Waals surface area contributed by atoms with Gasteiger partial charge in [-0.15, -0.1) is 0 Å². The number of aromatic nitrogens is 3. The lowest BCUT2D eigenvalue weighted by Crippen LogP contribution is -2.05. The van der Waals surface area contributed by atoms with Crippen LogP contribution in [0.1, 0.15) is 11.1 Å². The second kappa shape index (κ2) is 6.61. The zero-order valence-electron chi connectivity index (χ0n) is 14.4. The van der Waals surface area contributed by atoms with Crippen molar-refractivity contribution in [2.45, 2.75) is 13.8 Å². The molecule has 6 nitrogen and oxygen atoms in total. The van der Waals surface area contributed by atoms with Crippen molar-refractivity contribution in [2.75, 3.05) is 16.4 Å². The van der Waals surface area contributed by atoms with Crippen LogP contribution in [-0.2, 0) is 0 Å². The first-order valence-corrected chi connectivity index (χ1v) is 8.99. The molecule has 2 heterocycles. The predicted octanol–water partition coefficient (Wildman–Crippen LogP) is 4.77. The first-order chi connectivity index (χ1) is 12.6. The Labute approximate surface area is 155 Å². The first kappa shape index (κ1) is 16.3. The minimum Gasteiger partial charge on any atom is -0.393 e. The van der Waals surface area contributed by atoms with Gasteiger partial charge in [0.2, 0.25) is 0 Å². The van der Waals surface area contributed by atoms with E-state index in [9.17, 15) is 0 Å². The number of anilines is 5. The summed E-state index contributed by atoms with van der Waals surface area (Å²) in [4.78, 5) is 13.2. The summed E-state index contributed by atoms with van der Waals surface area (Å²) >= 11 is 1.57. The molecule has 0 bridgehead atoms. The molecule has 4 N–H and O–H groups in total. The molecule has 0 aliphatic rings. The molecule has 2 aromatic carbocycles. The van der Waals surface area contributed by atoms with Crippen LogP contribution in [0.3, 0.4) is 0 Å². The largest absolute Gasteiger partial charge is 0.393 e. The van der Waals surface area contributed by atoms with E-state index in [1.165, 1.54) is 11.9 Å². The van der Waals surface area contributed by atoms with E-state index in [0.717, 1.165) is 26.6 Å². The molecule has 0 amide bonds. The highest BCUT2D eigenvalue weighted by atomic mass is 32.1. The number of fused-ring (bicyclic) bond motifs is 1. The molecular weight excluding hydrogens is 344 g/mol. The number of thiazole rings is 1. The number of para-hydroxylation sites is 1. The van der Waals surface area contributed by atoms with Gasteiger partial charge >= 0.3 is 0 Å². The van der Waals surface area contributed by atoms with Crippen LogP contribution in [-0.4, -0.2) is 15.0 Å². The molecule has 0 atom stereocenters. The van der Waals surface area contributed by atoms with Gasteiger partial charge in [0.25, 0.3) is 0 Å². The number of hydrogen-bond donors (Lipinski definition) is 3. The summed E-state index contributed by atoms with van der Waals surface area (Å²) in [5.41, 5.74) is 11.0. The zero-order chi connectivity index (χ0) is 18.1. The highest BCUT2D eigenvalue weighted by molar-refractivity contribution is 7.22. The van der Waals surface area contributed by atoms with Crippen molar-refractivity contribution in [3.8, 4) is 0 Å². The summed E-state index contributed by atoms with van der Waals surface area (Å²) < 4.78 is 1.12. The monoisotopic (exact) mass is 362 g/mol. The number of nitrogens with zero attached hydrogens (tertiary/aromatic N) is 3. The molecule has 0 aliphatic carbocycles. The average Bonchev–Trinajstić information content (AvgIpc) is 3.04. The van der Waals surface area contributed by atoms with Gasteiger partial charge in [0.05, 0.1) is 10.2 Å². The minimum atomic E-state index is 0.448. The van der Waals surface area contributed by atoms with Crippen molar-refractivity contribution in [3.05, 3.63) is 59.9 Å². The summed E-state index contributed by atoms with van der Waals surface area (Å²) in [5.74, 6) is 1.09. The average molecular weight is 362 g/mol. The van der Waals surface area contributed by atoms with Gasteiger partial charge in [0, 0.05) is 5.69 Å². The molecule has 0 saturated heterocycles. The van der Waals surface area contributed by atoms with Crippen molar-refractivity contribution in [1.29, 1.82) is 0 Å². The van der Waals surface area contributed by atoms with Gasteiger partial charge in [-0.25, -0.2) is 15.0 Å². The van der Waals surface area contributed by atoms with Gasteiger partial charge in [-0.1, -0.05) is 41.2 Å². The topological polar surface area (TPSA) is 88.8 Å². The maximum absolute atomic E-state index is 6.26. The van der Waals surface area contributed by atoms with E-state index >= 15 is 0 Å². The van der Waals surface area contributed by atoms with Crippen molar-refractivity contribution in [1.82, 2.24) is 15.0 Å². The normalized spacial score (nSPS) is 10.8. The summed E-state index contributed by atoms with van der Waals surface area (Å²) in [6.07, 6.45) is 1.48. The summed E-state index contributed by atoms with van der Waals surface area (Å²) in [7, 11) is 0. The Morgan fingerprint density at radius 1 is 0.923 bits per heavy atom. The molecule has 0 fully saturated rings. The quantitative estimate of drug-likeness (QED) is 0.484. The fourth-order valence-corrected chi connectivity index (χ4v) is 3.55. The summed E-state index contributed by atoms with van der Waals surface area (Å²) in [5, 5.41) is 7.19. The molecule has 0 spiro atoms. The molecule has 0 radical (unpaired) electrons. The maximum atomic E-state index is 6.26. The highest BCUT2D eigenvalue weighted by Crippen LogP contribution is 2.32. The SMILES string of the molecule is Cc1ccc(Nc2ncnc(Nc3nc4c(C)cccc4s3)c2N)cc1. The third-order valence-corrected chi connectivity index (χ3v) is 4.98. The molecule has 0 unspecified atom stereocenters. The van der Waals surface area contributed by atoms with Gasteiger partial charge in [0.15, 0.2) is 16.8 Å². The molecule has 0 saturated carbocycles. The molecule has 7 heteroatoms. The van der Waals surface area contributed by atoms with Crippen LogP contribution in [0.4, 0.5) is 28.1 Å². The Bertz CT molecular complexity index is 1070. The van der Waals surface area contributed by atoms with E-state index in [2.05, 4.69) is 44.6 Å². The second-order valence-electron chi connectivity index (χ2n) is 6.04. The van der Waals surface area contributed by atoms with Crippen molar-refractivity contribution in [3.63, 3.8) is 0 Å². The van der Waals surface area contributed by atoms with Crippen LogP contribution >= 0.6 is 11.3 Å². The second-order valence-corrected chi connectivity index (χ2v) is 7.07. The van der Waals surface area contributed by atoms with E-state index in [4.69, 9.17) is 5.73 Å². The van der Waals surface area contributed by atoms with E-state index in [1.807, 2.05) is 37.3 Å².